The van der Waals surface area contributed by atoms with E-state index in [4.69, 9.17) is 11.1 Å². The SMILES string of the molecule is CN(CC(C)(C)C)c1nccnc1C(=N)N. The van der Waals surface area contributed by atoms with Crippen LogP contribution < -0.4 is 10.6 Å². The van der Waals surface area contributed by atoms with Crippen molar-refractivity contribution in [2.24, 2.45) is 11.1 Å². The van der Waals surface area contributed by atoms with E-state index in [1.807, 2.05) is 11.9 Å². The van der Waals surface area contributed by atoms with Crippen LogP contribution in [0.25, 0.3) is 0 Å². The summed E-state index contributed by atoms with van der Waals surface area (Å²) in [6.45, 7) is 7.26. The van der Waals surface area contributed by atoms with Crippen molar-refractivity contribution in [1.29, 1.82) is 5.41 Å². The summed E-state index contributed by atoms with van der Waals surface area (Å²) < 4.78 is 0. The number of amidine groups is 1. The molecule has 16 heavy (non-hydrogen) atoms. The minimum Gasteiger partial charge on any atom is -0.382 e. The van der Waals surface area contributed by atoms with E-state index in [1.54, 1.807) is 12.4 Å². The second-order valence-electron chi connectivity index (χ2n) is 5.06. The molecule has 0 bridgehead atoms. The van der Waals surface area contributed by atoms with Gasteiger partial charge in [-0.05, 0) is 5.41 Å². The van der Waals surface area contributed by atoms with Crippen LogP contribution in [0.5, 0.6) is 0 Å². The van der Waals surface area contributed by atoms with Gasteiger partial charge in [0.25, 0.3) is 0 Å². The molecule has 0 unspecified atom stereocenters. The van der Waals surface area contributed by atoms with Gasteiger partial charge in [0.2, 0.25) is 0 Å². The van der Waals surface area contributed by atoms with Gasteiger partial charge in [-0.2, -0.15) is 0 Å². The number of anilines is 1. The molecule has 0 aliphatic heterocycles. The van der Waals surface area contributed by atoms with Gasteiger partial charge in [-0.15, -0.1) is 0 Å². The van der Waals surface area contributed by atoms with Crippen molar-refractivity contribution in [2.45, 2.75) is 20.8 Å². The Morgan fingerprint density at radius 1 is 1.38 bits per heavy atom. The maximum Gasteiger partial charge on any atom is 0.158 e. The Morgan fingerprint density at radius 2 is 1.94 bits per heavy atom. The molecule has 1 aromatic rings. The zero-order chi connectivity index (χ0) is 12.3. The number of nitrogens with zero attached hydrogens (tertiary/aromatic N) is 3. The minimum atomic E-state index is -0.0520. The van der Waals surface area contributed by atoms with Crippen molar-refractivity contribution < 1.29 is 0 Å². The monoisotopic (exact) mass is 221 g/mol. The molecule has 3 N–H and O–H groups in total. The Kier molecular flexibility index (Phi) is 3.47. The Labute approximate surface area is 96.2 Å². The molecule has 88 valence electrons. The lowest BCUT2D eigenvalue weighted by Gasteiger charge is -2.28. The van der Waals surface area contributed by atoms with Gasteiger partial charge < -0.3 is 10.6 Å². The highest BCUT2D eigenvalue weighted by Gasteiger charge is 2.18. The lowest BCUT2D eigenvalue weighted by Crippen LogP contribution is -2.32. The normalized spacial score (nSPS) is 11.2. The Morgan fingerprint density at radius 3 is 2.44 bits per heavy atom. The molecule has 0 saturated heterocycles. The average molecular weight is 221 g/mol. The molecule has 0 saturated carbocycles. The van der Waals surface area contributed by atoms with E-state index in [9.17, 15) is 0 Å². The Balaban J connectivity index is 2.99. The van der Waals surface area contributed by atoms with Crippen molar-refractivity contribution in [2.75, 3.05) is 18.5 Å². The van der Waals surface area contributed by atoms with E-state index in [1.165, 1.54) is 0 Å². The predicted octanol–water partition coefficient (Wildman–Crippen LogP) is 1.24. The van der Waals surface area contributed by atoms with Crippen LogP contribution in [0, 0.1) is 10.8 Å². The van der Waals surface area contributed by atoms with E-state index in [2.05, 4.69) is 30.7 Å². The van der Waals surface area contributed by atoms with Gasteiger partial charge in [0.15, 0.2) is 5.82 Å². The standard InChI is InChI=1S/C11H19N5/c1-11(2,3)7-16(4)10-8(9(12)13)14-5-6-15-10/h5-6H,7H2,1-4H3,(H3,12,13). The number of nitrogens with one attached hydrogen (secondary N) is 1. The molecule has 5 heteroatoms. The van der Waals surface area contributed by atoms with Crippen molar-refractivity contribution in [1.82, 2.24) is 9.97 Å². The highest BCUT2D eigenvalue weighted by atomic mass is 15.2. The molecule has 0 aliphatic carbocycles. The van der Waals surface area contributed by atoms with Gasteiger partial charge in [-0.25, -0.2) is 9.97 Å². The highest BCUT2D eigenvalue weighted by Crippen LogP contribution is 2.20. The molecule has 5 nitrogen and oxygen atoms in total. The zero-order valence-corrected chi connectivity index (χ0v) is 10.3. The molecule has 0 atom stereocenters. The lowest BCUT2D eigenvalue weighted by atomic mass is 9.96. The lowest BCUT2D eigenvalue weighted by molar-refractivity contribution is 0.417. The van der Waals surface area contributed by atoms with Crippen LogP contribution in [-0.2, 0) is 0 Å². The molecule has 0 radical (unpaired) electrons. The van der Waals surface area contributed by atoms with Crippen LogP contribution in [0.15, 0.2) is 12.4 Å². The molecule has 0 aromatic carbocycles. The first kappa shape index (κ1) is 12.4. The molecule has 0 fully saturated rings. The topological polar surface area (TPSA) is 78.9 Å². The number of hydrogen-bond acceptors (Lipinski definition) is 4. The van der Waals surface area contributed by atoms with E-state index in [0.717, 1.165) is 6.54 Å². The van der Waals surface area contributed by atoms with Gasteiger partial charge in [-0.1, -0.05) is 20.8 Å². The van der Waals surface area contributed by atoms with E-state index in [-0.39, 0.29) is 11.3 Å². The molecular formula is C11H19N5. The van der Waals surface area contributed by atoms with Crippen molar-refractivity contribution in [3.8, 4) is 0 Å². The molecule has 0 aliphatic rings. The fraction of sp³-hybridized carbons (Fsp3) is 0.545. The third kappa shape index (κ3) is 3.18. The van der Waals surface area contributed by atoms with Crippen LogP contribution in [0.4, 0.5) is 5.82 Å². The van der Waals surface area contributed by atoms with Crippen LogP contribution >= 0.6 is 0 Å². The molecule has 0 spiro atoms. The highest BCUT2D eigenvalue weighted by molar-refractivity contribution is 5.97. The molecule has 1 rings (SSSR count). The maximum absolute atomic E-state index is 7.45. The zero-order valence-electron chi connectivity index (χ0n) is 10.3. The summed E-state index contributed by atoms with van der Waals surface area (Å²) in [4.78, 5) is 10.3. The van der Waals surface area contributed by atoms with Crippen LogP contribution in [0.2, 0.25) is 0 Å². The van der Waals surface area contributed by atoms with E-state index < -0.39 is 0 Å². The second-order valence-corrected chi connectivity index (χ2v) is 5.06. The number of hydrogen-bond donors (Lipinski definition) is 2. The largest absolute Gasteiger partial charge is 0.382 e. The van der Waals surface area contributed by atoms with E-state index in [0.29, 0.717) is 11.5 Å². The summed E-state index contributed by atoms with van der Waals surface area (Å²) in [5, 5.41) is 7.45. The van der Waals surface area contributed by atoms with Gasteiger partial charge in [0, 0.05) is 26.0 Å². The van der Waals surface area contributed by atoms with Crippen LogP contribution in [0.3, 0.4) is 0 Å². The smallest absolute Gasteiger partial charge is 0.158 e. The number of rotatable bonds is 3. The molecule has 0 amide bonds. The van der Waals surface area contributed by atoms with E-state index >= 15 is 0 Å². The summed E-state index contributed by atoms with van der Waals surface area (Å²) >= 11 is 0. The first-order valence-corrected chi connectivity index (χ1v) is 5.18. The first-order valence-electron chi connectivity index (χ1n) is 5.18. The van der Waals surface area contributed by atoms with Crippen molar-refractivity contribution >= 4 is 11.7 Å². The maximum atomic E-state index is 7.45. The summed E-state index contributed by atoms with van der Waals surface area (Å²) in [6, 6.07) is 0. The van der Waals surface area contributed by atoms with Gasteiger partial charge in [0.05, 0.1) is 0 Å². The van der Waals surface area contributed by atoms with Crippen molar-refractivity contribution in [3.63, 3.8) is 0 Å². The number of nitrogen functional groups attached to an aromatic ring is 1. The average Bonchev–Trinajstić information content (AvgIpc) is 2.15. The number of nitrogens with two attached hydrogens (primary N) is 1. The fourth-order valence-electron chi connectivity index (χ4n) is 1.59. The predicted molar refractivity (Wildman–Crippen MR) is 65.8 cm³/mol. The fourth-order valence-corrected chi connectivity index (χ4v) is 1.59. The minimum absolute atomic E-state index is 0.0520. The third-order valence-electron chi connectivity index (χ3n) is 2.01. The van der Waals surface area contributed by atoms with Crippen molar-refractivity contribution in [3.05, 3.63) is 18.1 Å². The quantitative estimate of drug-likeness (QED) is 0.594. The van der Waals surface area contributed by atoms with Crippen LogP contribution in [-0.4, -0.2) is 29.4 Å². The number of aromatic nitrogens is 2. The summed E-state index contributed by atoms with van der Waals surface area (Å²) in [5.41, 5.74) is 6.06. The summed E-state index contributed by atoms with van der Waals surface area (Å²) in [5.74, 6) is 0.605. The van der Waals surface area contributed by atoms with Gasteiger partial charge >= 0.3 is 0 Å². The van der Waals surface area contributed by atoms with Gasteiger partial charge in [0.1, 0.15) is 11.5 Å². The summed E-state index contributed by atoms with van der Waals surface area (Å²) in [6.07, 6.45) is 3.16. The van der Waals surface area contributed by atoms with Crippen LogP contribution in [0.1, 0.15) is 26.5 Å². The first-order chi connectivity index (χ1) is 7.31. The Bertz CT molecular complexity index is 380. The second kappa shape index (κ2) is 4.47. The summed E-state index contributed by atoms with van der Waals surface area (Å²) in [7, 11) is 1.93. The molecular weight excluding hydrogens is 202 g/mol. The third-order valence-corrected chi connectivity index (χ3v) is 2.01. The molecule has 1 aromatic heterocycles. The Hall–Kier alpha value is -1.65. The van der Waals surface area contributed by atoms with Gasteiger partial charge in [-0.3, -0.25) is 5.41 Å². The molecule has 1 heterocycles.